The molecule has 1 aromatic rings. The summed E-state index contributed by atoms with van der Waals surface area (Å²) in [5, 5.41) is 8.18. The van der Waals surface area contributed by atoms with Crippen LogP contribution in [0.25, 0.3) is 0 Å². The molecule has 0 radical (unpaired) electrons. The monoisotopic (exact) mass is 142 g/mol. The van der Waals surface area contributed by atoms with E-state index in [-0.39, 0.29) is 0 Å². The molecule has 3 heteroatoms. The maximum Gasteiger partial charge on any atom is 0.0788 e. The molecular weight excluding hydrogens is 136 g/mol. The first-order chi connectivity index (χ1) is 4.22. The van der Waals surface area contributed by atoms with Gasteiger partial charge in [-0.3, -0.25) is 0 Å². The van der Waals surface area contributed by atoms with Crippen LogP contribution >= 0.6 is 11.6 Å². The number of nitrogens with zero attached hydrogens (tertiary/aromatic N) is 2. The van der Waals surface area contributed by atoms with E-state index in [9.17, 15) is 0 Å². The van der Waals surface area contributed by atoms with Crippen LogP contribution in [-0.4, -0.2) is 10.2 Å². The summed E-state index contributed by atoms with van der Waals surface area (Å²) in [6, 6.07) is 0. The van der Waals surface area contributed by atoms with E-state index in [1.54, 1.807) is 6.20 Å². The zero-order valence-electron chi connectivity index (χ0n) is 5.35. The van der Waals surface area contributed by atoms with Crippen molar-refractivity contribution < 1.29 is 0 Å². The molecule has 48 valence electrons. The lowest BCUT2D eigenvalue weighted by molar-refractivity contribution is 0.967. The minimum Gasteiger partial charge on any atom is -0.159 e. The van der Waals surface area contributed by atoms with Crippen molar-refractivity contribution >= 4 is 11.6 Å². The maximum atomic E-state index is 5.78. The van der Waals surface area contributed by atoms with E-state index in [4.69, 9.17) is 11.6 Å². The third-order valence-electron chi connectivity index (χ3n) is 1.12. The van der Waals surface area contributed by atoms with Gasteiger partial charge >= 0.3 is 0 Å². The molecule has 0 spiro atoms. The Hall–Kier alpha value is -0.630. The lowest BCUT2D eigenvalue weighted by atomic mass is 10.3. The van der Waals surface area contributed by atoms with Crippen LogP contribution in [0.4, 0.5) is 0 Å². The lowest BCUT2D eigenvalue weighted by Gasteiger charge is -1.95. The fourth-order valence-corrected chi connectivity index (χ4v) is 0.675. The van der Waals surface area contributed by atoms with Crippen LogP contribution in [0.2, 0.25) is 5.02 Å². The molecule has 0 unspecified atom stereocenters. The Balaban J connectivity index is 3.25. The topological polar surface area (TPSA) is 25.8 Å². The van der Waals surface area contributed by atoms with Crippen molar-refractivity contribution in [1.82, 2.24) is 10.2 Å². The van der Waals surface area contributed by atoms with Crippen LogP contribution in [0.5, 0.6) is 0 Å². The maximum absolute atomic E-state index is 5.78. The summed E-state index contributed by atoms with van der Waals surface area (Å²) in [5.74, 6) is 0. The fraction of sp³-hybridized carbons (Fsp3) is 0.333. The highest BCUT2D eigenvalue weighted by Crippen LogP contribution is 2.14. The molecule has 1 heterocycles. The van der Waals surface area contributed by atoms with E-state index in [1.165, 1.54) is 0 Å². The summed E-state index contributed by atoms with van der Waals surface area (Å²) in [4.78, 5) is 0. The molecule has 0 bridgehead atoms. The van der Waals surface area contributed by atoms with E-state index < -0.39 is 0 Å². The van der Waals surface area contributed by atoms with Crippen molar-refractivity contribution in [3.63, 3.8) is 0 Å². The predicted molar refractivity (Wildman–Crippen MR) is 36.5 cm³/mol. The molecule has 0 aliphatic heterocycles. The first kappa shape index (κ1) is 6.49. The van der Waals surface area contributed by atoms with Gasteiger partial charge in [-0.25, -0.2) is 0 Å². The van der Waals surface area contributed by atoms with E-state index in [0.29, 0.717) is 5.02 Å². The summed E-state index contributed by atoms with van der Waals surface area (Å²) < 4.78 is 0. The molecule has 0 amide bonds. The second-order valence-electron chi connectivity index (χ2n) is 1.93. The summed E-state index contributed by atoms with van der Waals surface area (Å²) in [5.41, 5.74) is 1.76. The number of hydrogen-bond acceptors (Lipinski definition) is 2. The first-order valence-corrected chi connectivity index (χ1v) is 3.04. The molecule has 0 aliphatic rings. The summed E-state index contributed by atoms with van der Waals surface area (Å²) in [6.07, 6.45) is 1.65. The summed E-state index contributed by atoms with van der Waals surface area (Å²) >= 11 is 5.78. The second kappa shape index (κ2) is 2.31. The van der Waals surface area contributed by atoms with Gasteiger partial charge in [0.1, 0.15) is 0 Å². The highest BCUT2D eigenvalue weighted by molar-refractivity contribution is 6.31. The Kier molecular flexibility index (Phi) is 1.67. The highest BCUT2D eigenvalue weighted by atomic mass is 35.5. The smallest absolute Gasteiger partial charge is 0.0788 e. The van der Waals surface area contributed by atoms with Crippen molar-refractivity contribution in [2.75, 3.05) is 0 Å². The van der Waals surface area contributed by atoms with Gasteiger partial charge in [0.05, 0.1) is 16.9 Å². The molecular formula is C6H7ClN2. The Bertz CT molecular complexity index is 202. The van der Waals surface area contributed by atoms with Crippen LogP contribution in [0.1, 0.15) is 11.3 Å². The first-order valence-electron chi connectivity index (χ1n) is 2.66. The average molecular weight is 143 g/mol. The Morgan fingerprint density at radius 3 is 2.56 bits per heavy atom. The van der Waals surface area contributed by atoms with Crippen LogP contribution < -0.4 is 0 Å². The van der Waals surface area contributed by atoms with Crippen molar-refractivity contribution in [2.45, 2.75) is 13.8 Å². The van der Waals surface area contributed by atoms with E-state index in [1.807, 2.05) is 13.8 Å². The molecule has 9 heavy (non-hydrogen) atoms. The van der Waals surface area contributed by atoms with Gasteiger partial charge in [0.25, 0.3) is 0 Å². The van der Waals surface area contributed by atoms with Crippen molar-refractivity contribution in [3.8, 4) is 0 Å². The predicted octanol–water partition coefficient (Wildman–Crippen LogP) is 1.75. The second-order valence-corrected chi connectivity index (χ2v) is 2.30. The third kappa shape index (κ3) is 1.19. The largest absolute Gasteiger partial charge is 0.159 e. The Morgan fingerprint density at radius 1 is 1.44 bits per heavy atom. The van der Waals surface area contributed by atoms with Gasteiger partial charge in [-0.05, 0) is 19.4 Å². The van der Waals surface area contributed by atoms with Gasteiger partial charge in [-0.1, -0.05) is 11.6 Å². The summed E-state index contributed by atoms with van der Waals surface area (Å²) in [6.45, 7) is 3.74. The standard InChI is InChI=1S/C6H7ClN2/c1-4-3-8-9-5(2)6(4)7/h3H,1-2H3. The lowest BCUT2D eigenvalue weighted by Crippen LogP contribution is -1.88. The molecule has 1 aromatic heterocycles. The van der Waals surface area contributed by atoms with Gasteiger partial charge in [-0.15, -0.1) is 0 Å². The summed E-state index contributed by atoms with van der Waals surface area (Å²) in [7, 11) is 0. The Labute approximate surface area is 58.9 Å². The number of hydrogen-bond donors (Lipinski definition) is 0. The molecule has 0 saturated heterocycles. The van der Waals surface area contributed by atoms with Crippen LogP contribution in [-0.2, 0) is 0 Å². The van der Waals surface area contributed by atoms with Crippen LogP contribution in [0.3, 0.4) is 0 Å². The normalized spacial score (nSPS) is 9.67. The molecule has 0 saturated carbocycles. The zero-order chi connectivity index (χ0) is 6.85. The van der Waals surface area contributed by atoms with Crippen molar-refractivity contribution in [2.24, 2.45) is 0 Å². The average Bonchev–Trinajstić information content (AvgIpc) is 1.83. The minimum atomic E-state index is 0.713. The molecule has 0 N–H and O–H groups in total. The molecule has 1 rings (SSSR count). The van der Waals surface area contributed by atoms with Gasteiger partial charge in [0.2, 0.25) is 0 Å². The van der Waals surface area contributed by atoms with Crippen LogP contribution in [0.15, 0.2) is 6.20 Å². The van der Waals surface area contributed by atoms with Gasteiger partial charge in [-0.2, -0.15) is 10.2 Å². The Morgan fingerprint density at radius 2 is 2.11 bits per heavy atom. The van der Waals surface area contributed by atoms with E-state index in [2.05, 4.69) is 10.2 Å². The third-order valence-corrected chi connectivity index (χ3v) is 1.69. The number of aryl methyl sites for hydroxylation is 2. The quantitative estimate of drug-likeness (QED) is 0.552. The fourth-order valence-electron chi connectivity index (χ4n) is 0.588. The van der Waals surface area contributed by atoms with E-state index >= 15 is 0 Å². The number of halogens is 1. The van der Waals surface area contributed by atoms with E-state index in [0.717, 1.165) is 11.3 Å². The SMILES string of the molecule is Cc1cnnc(C)c1Cl. The number of aromatic nitrogens is 2. The van der Waals surface area contributed by atoms with Gasteiger partial charge < -0.3 is 0 Å². The zero-order valence-corrected chi connectivity index (χ0v) is 6.11. The molecule has 0 fully saturated rings. The molecule has 0 atom stereocenters. The van der Waals surface area contributed by atoms with Gasteiger partial charge in [0.15, 0.2) is 0 Å². The van der Waals surface area contributed by atoms with Gasteiger partial charge in [0, 0.05) is 0 Å². The van der Waals surface area contributed by atoms with Crippen LogP contribution in [0, 0.1) is 13.8 Å². The van der Waals surface area contributed by atoms with Crippen molar-refractivity contribution in [1.29, 1.82) is 0 Å². The molecule has 0 aliphatic carbocycles. The highest BCUT2D eigenvalue weighted by Gasteiger charge is 1.97. The molecule has 2 nitrogen and oxygen atoms in total. The number of rotatable bonds is 0. The van der Waals surface area contributed by atoms with Crippen molar-refractivity contribution in [3.05, 3.63) is 22.5 Å². The molecule has 0 aromatic carbocycles. The minimum absolute atomic E-state index is 0.713.